The van der Waals surface area contributed by atoms with Gasteiger partial charge in [0.25, 0.3) is 0 Å². The second-order valence-corrected chi connectivity index (χ2v) is 11.0. The molecule has 1 aromatic heterocycles. The van der Waals surface area contributed by atoms with E-state index in [2.05, 4.69) is 15.3 Å². The lowest BCUT2D eigenvalue weighted by Crippen LogP contribution is -2.35. The highest BCUT2D eigenvalue weighted by molar-refractivity contribution is 5.70. The van der Waals surface area contributed by atoms with E-state index in [4.69, 9.17) is 9.84 Å². The van der Waals surface area contributed by atoms with Crippen molar-refractivity contribution in [3.8, 4) is 0 Å². The zero-order chi connectivity index (χ0) is 29.8. The lowest BCUT2D eigenvalue weighted by Gasteiger charge is -2.24. The third-order valence-electron chi connectivity index (χ3n) is 6.74. The van der Waals surface area contributed by atoms with E-state index < -0.39 is 23.3 Å². The Balaban J connectivity index is 1.45. The van der Waals surface area contributed by atoms with Crippen molar-refractivity contribution < 1.29 is 32.6 Å². The van der Waals surface area contributed by atoms with E-state index in [1.54, 1.807) is 41.3 Å². The molecular weight excluding hydrogens is 537 g/mol. The van der Waals surface area contributed by atoms with Crippen molar-refractivity contribution in [1.82, 2.24) is 14.9 Å². The van der Waals surface area contributed by atoms with E-state index in [0.29, 0.717) is 29.9 Å². The number of aromatic nitrogens is 2. The number of ether oxygens (including phenoxy) is 1. The Morgan fingerprint density at radius 2 is 1.73 bits per heavy atom. The first kappa shape index (κ1) is 29.8. The van der Waals surface area contributed by atoms with Crippen molar-refractivity contribution in [2.75, 3.05) is 18.4 Å². The third kappa shape index (κ3) is 8.18. The minimum Gasteiger partial charge on any atom is -0.481 e. The van der Waals surface area contributed by atoms with Crippen molar-refractivity contribution in [3.63, 3.8) is 0 Å². The number of aryl methyl sites for hydroxylation is 2. The molecule has 2 aromatic carbocycles. The summed E-state index contributed by atoms with van der Waals surface area (Å²) < 4.78 is 46.6. The zero-order valence-electron chi connectivity index (χ0n) is 23.2. The van der Waals surface area contributed by atoms with Gasteiger partial charge in [-0.15, -0.1) is 0 Å². The average molecular weight is 571 g/mol. The lowest BCUT2D eigenvalue weighted by molar-refractivity contribution is -0.139. The van der Waals surface area contributed by atoms with E-state index >= 15 is 0 Å². The summed E-state index contributed by atoms with van der Waals surface area (Å²) in [5, 5.41) is 12.1. The number of carboxylic acids is 1. The summed E-state index contributed by atoms with van der Waals surface area (Å²) in [4.78, 5) is 33.3. The molecule has 218 valence electrons. The number of halogens is 3. The fraction of sp³-hybridized carbons (Fsp3) is 0.400. The van der Waals surface area contributed by atoms with Crippen LogP contribution in [0.2, 0.25) is 0 Å². The maximum Gasteiger partial charge on any atom is 0.419 e. The molecule has 11 heteroatoms. The Hall–Kier alpha value is -4.15. The molecular formula is C30H33F3N4O4. The minimum atomic E-state index is -4.63. The van der Waals surface area contributed by atoms with Crippen molar-refractivity contribution in [2.45, 2.75) is 64.1 Å². The number of benzene rings is 2. The van der Waals surface area contributed by atoms with E-state index in [-0.39, 0.29) is 42.9 Å². The first-order chi connectivity index (χ1) is 19.3. The highest BCUT2D eigenvalue weighted by Crippen LogP contribution is 2.33. The Kier molecular flexibility index (Phi) is 8.84. The third-order valence-corrected chi connectivity index (χ3v) is 6.74. The predicted molar refractivity (Wildman–Crippen MR) is 147 cm³/mol. The molecule has 2 N–H and O–H groups in total. The topological polar surface area (TPSA) is 105 Å². The summed E-state index contributed by atoms with van der Waals surface area (Å²) in [5.41, 5.74) is 1.19. The fourth-order valence-electron chi connectivity index (χ4n) is 4.79. The molecule has 4 rings (SSSR count). The van der Waals surface area contributed by atoms with Crippen LogP contribution in [0, 0.1) is 0 Å². The molecule has 1 atom stereocenters. The molecule has 1 aliphatic rings. The highest BCUT2D eigenvalue weighted by atomic mass is 19.4. The summed E-state index contributed by atoms with van der Waals surface area (Å²) in [6, 6.07) is 14.2. The maximum absolute atomic E-state index is 13.7. The molecule has 3 aromatic rings. The van der Waals surface area contributed by atoms with E-state index in [1.807, 2.05) is 32.9 Å². The molecule has 2 heterocycles. The van der Waals surface area contributed by atoms with E-state index in [0.717, 1.165) is 18.2 Å². The van der Waals surface area contributed by atoms with Gasteiger partial charge < -0.3 is 20.1 Å². The summed E-state index contributed by atoms with van der Waals surface area (Å²) in [5.74, 6) is -0.840. The number of hydrogen-bond donors (Lipinski definition) is 2. The molecule has 8 nitrogen and oxygen atoms in total. The number of hydrogen-bond acceptors (Lipinski definition) is 6. The van der Waals surface area contributed by atoms with E-state index in [9.17, 15) is 22.8 Å². The predicted octanol–water partition coefficient (Wildman–Crippen LogP) is 6.38. The van der Waals surface area contributed by atoms with Gasteiger partial charge in [0.2, 0.25) is 5.95 Å². The highest BCUT2D eigenvalue weighted by Gasteiger charge is 2.35. The molecule has 0 bridgehead atoms. The summed E-state index contributed by atoms with van der Waals surface area (Å²) in [6.45, 7) is 6.63. The SMILES string of the molecule is CC(C)(C)OC(=O)N1CCC(c2ccc(Nc3ncc(C(F)(F)F)c(CCc4ccccc4CC(=O)O)n3)cc2)C1. The van der Waals surface area contributed by atoms with E-state index in [1.165, 1.54) is 0 Å². The number of likely N-dealkylation sites (tertiary alicyclic amines) is 1. The van der Waals surface area contributed by atoms with Crippen molar-refractivity contribution in [1.29, 1.82) is 0 Å². The Labute approximate surface area is 236 Å². The van der Waals surface area contributed by atoms with Gasteiger partial charge in [0.1, 0.15) is 5.60 Å². The Morgan fingerprint density at radius 1 is 1.05 bits per heavy atom. The number of nitrogens with one attached hydrogen (secondary N) is 1. The number of alkyl halides is 3. The average Bonchev–Trinajstić information content (AvgIpc) is 3.37. The Bertz CT molecular complexity index is 1390. The largest absolute Gasteiger partial charge is 0.481 e. The van der Waals surface area contributed by atoms with Crippen LogP contribution in [0.4, 0.5) is 29.6 Å². The molecule has 1 aliphatic heterocycles. The smallest absolute Gasteiger partial charge is 0.419 e. The molecule has 41 heavy (non-hydrogen) atoms. The minimum absolute atomic E-state index is 0.0246. The van der Waals surface area contributed by atoms with Crippen LogP contribution in [0.25, 0.3) is 0 Å². The second-order valence-electron chi connectivity index (χ2n) is 11.0. The molecule has 1 unspecified atom stereocenters. The number of carboxylic acid groups (broad SMARTS) is 1. The zero-order valence-corrected chi connectivity index (χ0v) is 23.2. The van der Waals surface area contributed by atoms with Crippen molar-refractivity contribution >= 4 is 23.7 Å². The van der Waals surface area contributed by atoms with Gasteiger partial charge in [0.05, 0.1) is 17.7 Å². The van der Waals surface area contributed by atoms with Crippen LogP contribution in [0.15, 0.2) is 54.7 Å². The van der Waals surface area contributed by atoms with Gasteiger partial charge in [-0.1, -0.05) is 36.4 Å². The maximum atomic E-state index is 13.7. The van der Waals surface area contributed by atoms with Crippen LogP contribution in [-0.4, -0.2) is 50.7 Å². The molecule has 1 amide bonds. The first-order valence-corrected chi connectivity index (χ1v) is 13.3. The molecule has 1 saturated heterocycles. The molecule has 0 saturated carbocycles. The summed E-state index contributed by atoms with van der Waals surface area (Å²) in [6.07, 6.45) is -3.46. The van der Waals surface area contributed by atoms with Gasteiger partial charge in [0, 0.05) is 30.9 Å². The number of aliphatic carboxylic acids is 1. The van der Waals surface area contributed by atoms with Crippen LogP contribution in [-0.2, 0) is 35.0 Å². The van der Waals surface area contributed by atoms with Crippen LogP contribution in [0.5, 0.6) is 0 Å². The monoisotopic (exact) mass is 570 g/mol. The van der Waals surface area contributed by atoms with Gasteiger partial charge >= 0.3 is 18.2 Å². The fourth-order valence-corrected chi connectivity index (χ4v) is 4.79. The number of rotatable bonds is 8. The van der Waals surface area contributed by atoms with Crippen LogP contribution in [0.3, 0.4) is 0 Å². The van der Waals surface area contributed by atoms with Gasteiger partial charge in [0.15, 0.2) is 0 Å². The molecule has 0 spiro atoms. The summed E-state index contributed by atoms with van der Waals surface area (Å²) in [7, 11) is 0. The van der Waals surface area contributed by atoms with Gasteiger partial charge in [-0.3, -0.25) is 4.79 Å². The number of carbonyl (C=O) groups excluding carboxylic acids is 1. The number of carbonyl (C=O) groups is 2. The molecule has 1 fully saturated rings. The van der Waals surface area contributed by atoms with Gasteiger partial charge in [-0.25, -0.2) is 14.8 Å². The number of amides is 1. The number of anilines is 2. The molecule has 0 radical (unpaired) electrons. The molecule has 0 aliphatic carbocycles. The van der Waals surface area contributed by atoms with Crippen molar-refractivity contribution in [2.24, 2.45) is 0 Å². The Morgan fingerprint density at radius 3 is 2.37 bits per heavy atom. The summed E-state index contributed by atoms with van der Waals surface area (Å²) >= 11 is 0. The first-order valence-electron chi connectivity index (χ1n) is 13.3. The van der Waals surface area contributed by atoms with Crippen molar-refractivity contribution in [3.05, 3.63) is 82.7 Å². The van der Waals surface area contributed by atoms with Crippen LogP contribution >= 0.6 is 0 Å². The lowest BCUT2D eigenvalue weighted by atomic mass is 9.98. The van der Waals surface area contributed by atoms with Crippen LogP contribution < -0.4 is 5.32 Å². The van der Waals surface area contributed by atoms with Gasteiger partial charge in [-0.05, 0) is 68.9 Å². The number of nitrogens with zero attached hydrogens (tertiary/aromatic N) is 3. The second kappa shape index (κ2) is 12.2. The van der Waals surface area contributed by atoms with Crippen LogP contribution in [0.1, 0.15) is 61.1 Å². The normalized spacial score (nSPS) is 15.6. The quantitative estimate of drug-likeness (QED) is 0.324. The van der Waals surface area contributed by atoms with Gasteiger partial charge in [-0.2, -0.15) is 13.2 Å². The standard InChI is InChI=1S/C30H33F3N4O4/c1-29(2,3)41-28(40)37-15-14-22(18-37)20-8-11-23(12-9-20)35-27-34-17-24(30(31,32)33)25(36-27)13-10-19-6-4-5-7-21(19)16-26(38)39/h4-9,11-12,17,22H,10,13-16,18H2,1-3H3,(H,38,39)(H,34,35,36).